The summed E-state index contributed by atoms with van der Waals surface area (Å²) in [5.74, 6) is -0.232. The van der Waals surface area contributed by atoms with Gasteiger partial charge in [0.1, 0.15) is 0 Å². The van der Waals surface area contributed by atoms with Crippen LogP contribution in [-0.4, -0.2) is 56.2 Å². The average molecular weight is 272 g/mol. The van der Waals surface area contributed by atoms with E-state index in [-0.39, 0.29) is 5.91 Å². The third-order valence-electron chi connectivity index (χ3n) is 2.23. The molecule has 0 saturated carbocycles. The number of nitrogens with one attached hydrogen (secondary N) is 1. The fraction of sp³-hybridized carbons (Fsp3) is 0.500. The Kier molecular flexibility index (Phi) is 6.64. The van der Waals surface area contributed by atoms with E-state index in [2.05, 4.69) is 10.3 Å². The zero-order valence-electron chi connectivity index (χ0n) is 10.6. The largest absolute Gasteiger partial charge is 0.378 e. The Morgan fingerprint density at radius 2 is 2.28 bits per heavy atom. The monoisotopic (exact) mass is 271 g/mol. The number of halogens is 1. The Bertz CT molecular complexity index is 385. The van der Waals surface area contributed by atoms with Gasteiger partial charge in [-0.2, -0.15) is 0 Å². The number of nitrogens with zero attached hydrogens (tertiary/aromatic N) is 2. The number of ether oxygens (including phenoxy) is 1. The maximum absolute atomic E-state index is 11.7. The van der Waals surface area contributed by atoms with Crippen LogP contribution in [0, 0.1) is 0 Å². The van der Waals surface area contributed by atoms with E-state index >= 15 is 0 Å². The van der Waals surface area contributed by atoms with Crippen LogP contribution in [0.4, 0.5) is 0 Å². The molecule has 0 aliphatic rings. The van der Waals surface area contributed by atoms with Gasteiger partial charge < -0.3 is 15.0 Å². The third-order valence-corrected chi connectivity index (χ3v) is 2.56. The van der Waals surface area contributed by atoms with Crippen molar-refractivity contribution >= 4 is 17.5 Å². The molecule has 1 aromatic heterocycles. The van der Waals surface area contributed by atoms with Crippen LogP contribution in [0.15, 0.2) is 18.5 Å². The zero-order chi connectivity index (χ0) is 13.4. The predicted octanol–water partition coefficient (Wildman–Crippen LogP) is 1.04. The molecule has 1 rings (SSSR count). The molecule has 0 saturated heterocycles. The molecule has 6 heteroatoms. The van der Waals surface area contributed by atoms with Crippen molar-refractivity contribution in [2.24, 2.45) is 0 Å². The van der Waals surface area contributed by atoms with Crippen LogP contribution in [-0.2, 0) is 4.74 Å². The lowest BCUT2D eigenvalue weighted by molar-refractivity contribution is 0.0900. The summed E-state index contributed by atoms with van der Waals surface area (Å²) in [5.41, 5.74) is 0.382. The number of carbonyl (C=O) groups is 1. The molecule has 1 aromatic rings. The number of likely N-dealkylation sites (N-methyl/N-ethyl adjacent to an activating group) is 1. The Hall–Kier alpha value is -1.17. The van der Waals surface area contributed by atoms with Crippen molar-refractivity contribution in [1.29, 1.82) is 0 Å². The Labute approximate surface area is 112 Å². The van der Waals surface area contributed by atoms with E-state index in [4.69, 9.17) is 16.3 Å². The summed E-state index contributed by atoms with van der Waals surface area (Å²) in [6.07, 6.45) is 2.99. The van der Waals surface area contributed by atoms with Gasteiger partial charge in [0.05, 0.1) is 23.8 Å². The third kappa shape index (κ3) is 5.44. The van der Waals surface area contributed by atoms with Gasteiger partial charge in [-0.05, 0) is 20.2 Å². The first kappa shape index (κ1) is 14.9. The fourth-order valence-corrected chi connectivity index (χ4v) is 1.42. The molecule has 1 heterocycles. The molecule has 0 unspecified atom stereocenters. The number of hydrogen-bond donors (Lipinski definition) is 1. The van der Waals surface area contributed by atoms with Crippen molar-refractivity contribution < 1.29 is 9.53 Å². The molecule has 0 aliphatic heterocycles. The molecule has 0 aliphatic carbocycles. The van der Waals surface area contributed by atoms with Crippen LogP contribution in [0.5, 0.6) is 0 Å². The summed E-state index contributed by atoms with van der Waals surface area (Å²) in [7, 11) is 3.96. The molecule has 0 bridgehead atoms. The number of amides is 1. The summed E-state index contributed by atoms with van der Waals surface area (Å²) >= 11 is 5.88. The van der Waals surface area contributed by atoms with Gasteiger partial charge in [0.2, 0.25) is 0 Å². The molecule has 18 heavy (non-hydrogen) atoms. The summed E-state index contributed by atoms with van der Waals surface area (Å²) in [6.45, 7) is 2.45. The minimum atomic E-state index is -0.232. The van der Waals surface area contributed by atoms with Gasteiger partial charge in [-0.1, -0.05) is 11.6 Å². The highest BCUT2D eigenvalue weighted by atomic mass is 35.5. The molecule has 0 atom stereocenters. The van der Waals surface area contributed by atoms with E-state index in [9.17, 15) is 4.79 Å². The van der Waals surface area contributed by atoms with E-state index in [1.165, 1.54) is 6.20 Å². The molecule has 1 amide bonds. The van der Waals surface area contributed by atoms with Crippen molar-refractivity contribution in [1.82, 2.24) is 15.2 Å². The Morgan fingerprint density at radius 1 is 1.50 bits per heavy atom. The molecule has 100 valence electrons. The highest BCUT2D eigenvalue weighted by Crippen LogP contribution is 2.12. The van der Waals surface area contributed by atoms with E-state index in [0.29, 0.717) is 30.3 Å². The Balaban J connectivity index is 2.20. The van der Waals surface area contributed by atoms with E-state index < -0.39 is 0 Å². The first-order chi connectivity index (χ1) is 8.61. The normalized spacial score (nSPS) is 10.7. The van der Waals surface area contributed by atoms with Crippen LogP contribution < -0.4 is 5.32 Å². The second kappa shape index (κ2) is 8.02. The van der Waals surface area contributed by atoms with Gasteiger partial charge in [0.15, 0.2) is 0 Å². The van der Waals surface area contributed by atoms with Crippen molar-refractivity contribution in [2.75, 3.05) is 40.4 Å². The molecule has 0 radical (unpaired) electrons. The van der Waals surface area contributed by atoms with E-state index in [1.807, 2.05) is 19.0 Å². The van der Waals surface area contributed by atoms with Gasteiger partial charge in [-0.25, -0.2) is 0 Å². The highest BCUT2D eigenvalue weighted by Gasteiger charge is 2.08. The summed E-state index contributed by atoms with van der Waals surface area (Å²) in [4.78, 5) is 17.6. The molecular formula is C12H18ClN3O2. The van der Waals surface area contributed by atoms with Crippen molar-refractivity contribution in [3.05, 3.63) is 29.0 Å². The van der Waals surface area contributed by atoms with E-state index in [0.717, 1.165) is 6.54 Å². The standard InChI is InChI=1S/C12H18ClN3O2/c1-16(2)6-8-18-7-5-15-12(17)10-9-14-4-3-11(10)13/h3-4,9H,5-8H2,1-2H3,(H,15,17). The lowest BCUT2D eigenvalue weighted by atomic mass is 10.2. The van der Waals surface area contributed by atoms with Crippen molar-refractivity contribution in [3.63, 3.8) is 0 Å². The topological polar surface area (TPSA) is 54.5 Å². The predicted molar refractivity (Wildman–Crippen MR) is 71.0 cm³/mol. The van der Waals surface area contributed by atoms with Gasteiger partial charge in [0, 0.05) is 25.5 Å². The summed E-state index contributed by atoms with van der Waals surface area (Å²) < 4.78 is 5.36. The quantitative estimate of drug-likeness (QED) is 0.753. The maximum Gasteiger partial charge on any atom is 0.254 e. The first-order valence-corrected chi connectivity index (χ1v) is 6.09. The lowest BCUT2D eigenvalue weighted by Gasteiger charge is -2.10. The smallest absolute Gasteiger partial charge is 0.254 e. The average Bonchev–Trinajstić information content (AvgIpc) is 2.33. The van der Waals surface area contributed by atoms with Crippen molar-refractivity contribution in [3.8, 4) is 0 Å². The number of pyridine rings is 1. The first-order valence-electron chi connectivity index (χ1n) is 5.71. The summed E-state index contributed by atoms with van der Waals surface area (Å²) in [6, 6.07) is 1.59. The molecule has 0 aromatic carbocycles. The van der Waals surface area contributed by atoms with Crippen LogP contribution in [0.1, 0.15) is 10.4 Å². The van der Waals surface area contributed by atoms with Crippen LogP contribution in [0.2, 0.25) is 5.02 Å². The molecule has 1 N–H and O–H groups in total. The lowest BCUT2D eigenvalue weighted by Crippen LogP contribution is -2.28. The van der Waals surface area contributed by atoms with Gasteiger partial charge in [-0.3, -0.25) is 9.78 Å². The van der Waals surface area contributed by atoms with Gasteiger partial charge in [0.25, 0.3) is 5.91 Å². The second-order valence-corrected chi connectivity index (χ2v) is 4.43. The second-order valence-electron chi connectivity index (χ2n) is 4.03. The number of hydrogen-bond acceptors (Lipinski definition) is 4. The fourth-order valence-electron chi connectivity index (χ4n) is 1.23. The number of rotatable bonds is 7. The van der Waals surface area contributed by atoms with Crippen LogP contribution in [0.3, 0.4) is 0 Å². The zero-order valence-corrected chi connectivity index (χ0v) is 11.4. The minimum Gasteiger partial charge on any atom is -0.378 e. The molecule has 0 spiro atoms. The van der Waals surface area contributed by atoms with E-state index in [1.54, 1.807) is 12.3 Å². The molecule has 5 nitrogen and oxygen atoms in total. The Morgan fingerprint density at radius 3 is 2.94 bits per heavy atom. The van der Waals surface area contributed by atoms with Crippen molar-refractivity contribution in [2.45, 2.75) is 0 Å². The number of aromatic nitrogens is 1. The van der Waals surface area contributed by atoms with Gasteiger partial charge in [-0.15, -0.1) is 0 Å². The maximum atomic E-state index is 11.7. The SMILES string of the molecule is CN(C)CCOCCNC(=O)c1cnccc1Cl. The van der Waals surface area contributed by atoms with Crippen LogP contribution >= 0.6 is 11.6 Å². The molecule has 0 fully saturated rings. The van der Waals surface area contributed by atoms with Gasteiger partial charge >= 0.3 is 0 Å². The summed E-state index contributed by atoms with van der Waals surface area (Å²) in [5, 5.41) is 3.13. The minimum absolute atomic E-state index is 0.232. The highest BCUT2D eigenvalue weighted by molar-refractivity contribution is 6.33. The molecular weight excluding hydrogens is 254 g/mol. The number of carbonyl (C=O) groups excluding carboxylic acids is 1. The van der Waals surface area contributed by atoms with Crippen LogP contribution in [0.25, 0.3) is 0 Å².